The van der Waals surface area contributed by atoms with Gasteiger partial charge >= 0.3 is 0 Å². The minimum Gasteiger partial charge on any atom is -0.353 e. The van der Waals surface area contributed by atoms with Crippen LogP contribution in [-0.2, 0) is 11.3 Å². The van der Waals surface area contributed by atoms with Crippen LogP contribution in [0.15, 0.2) is 30.3 Å². The summed E-state index contributed by atoms with van der Waals surface area (Å²) in [4.78, 5) is 15.1. The minimum atomic E-state index is 0.193. The van der Waals surface area contributed by atoms with Gasteiger partial charge in [0.25, 0.3) is 0 Å². The molecular weight excluding hydrogens is 298 g/mol. The topological polar surface area (TPSA) is 44.4 Å². The van der Waals surface area contributed by atoms with E-state index in [9.17, 15) is 4.79 Å². The molecule has 4 atom stereocenters. The molecule has 4 nitrogen and oxygen atoms in total. The molecular formula is C20H31N3O. The van der Waals surface area contributed by atoms with Crippen molar-refractivity contribution in [3.8, 4) is 0 Å². The van der Waals surface area contributed by atoms with Crippen molar-refractivity contribution >= 4 is 5.91 Å². The number of piperidine rings is 2. The van der Waals surface area contributed by atoms with Crippen LogP contribution < -0.4 is 10.6 Å². The second-order valence-corrected chi connectivity index (χ2v) is 7.61. The summed E-state index contributed by atoms with van der Waals surface area (Å²) in [5.41, 5.74) is 1.37. The molecule has 24 heavy (non-hydrogen) atoms. The van der Waals surface area contributed by atoms with Gasteiger partial charge in [-0.15, -0.1) is 0 Å². The molecule has 1 amide bonds. The van der Waals surface area contributed by atoms with Crippen LogP contribution in [0.2, 0.25) is 0 Å². The Labute approximate surface area is 146 Å². The molecule has 2 heterocycles. The highest BCUT2D eigenvalue weighted by atomic mass is 16.1. The normalized spacial score (nSPS) is 31.6. The summed E-state index contributed by atoms with van der Waals surface area (Å²) < 4.78 is 0. The van der Waals surface area contributed by atoms with Crippen LogP contribution in [-0.4, -0.2) is 42.0 Å². The number of nitrogens with zero attached hydrogens (tertiary/aromatic N) is 1. The van der Waals surface area contributed by atoms with Gasteiger partial charge in [-0.05, 0) is 51.6 Å². The molecule has 2 aliphatic rings. The molecule has 0 bridgehead atoms. The molecule has 132 valence electrons. The lowest BCUT2D eigenvalue weighted by molar-refractivity contribution is -0.127. The average molecular weight is 329 g/mol. The van der Waals surface area contributed by atoms with Crippen LogP contribution in [0, 0.1) is 5.92 Å². The Morgan fingerprint density at radius 1 is 1.21 bits per heavy atom. The Bertz CT molecular complexity index is 533. The SMILES string of the molecule is CC1CC(NC(=O)[C@H]2CCN[C@@H](C)C2)CCN1Cc1ccccc1. The van der Waals surface area contributed by atoms with E-state index in [1.807, 2.05) is 0 Å². The highest BCUT2D eigenvalue weighted by Gasteiger charge is 2.30. The molecule has 1 aromatic rings. The zero-order valence-corrected chi connectivity index (χ0v) is 15.0. The Hall–Kier alpha value is -1.39. The third kappa shape index (κ3) is 4.58. The van der Waals surface area contributed by atoms with Crippen LogP contribution in [0.5, 0.6) is 0 Å². The van der Waals surface area contributed by atoms with Gasteiger partial charge in [0.15, 0.2) is 0 Å². The molecule has 0 aromatic heterocycles. The standard InChI is InChI=1S/C20H31N3O/c1-15-12-18(8-10-21-15)20(24)22-19-9-11-23(16(2)13-19)14-17-6-4-3-5-7-17/h3-7,15-16,18-19,21H,8-14H2,1-2H3,(H,22,24)/t15-,16?,18-,19?/m0/s1. The van der Waals surface area contributed by atoms with Gasteiger partial charge in [-0.1, -0.05) is 30.3 Å². The van der Waals surface area contributed by atoms with E-state index < -0.39 is 0 Å². The summed E-state index contributed by atoms with van der Waals surface area (Å²) in [6.07, 6.45) is 4.05. The molecule has 2 unspecified atom stereocenters. The Balaban J connectivity index is 1.47. The first-order valence-corrected chi connectivity index (χ1v) is 9.43. The molecule has 2 aliphatic heterocycles. The quantitative estimate of drug-likeness (QED) is 0.892. The maximum absolute atomic E-state index is 12.5. The fourth-order valence-corrected chi connectivity index (χ4v) is 4.09. The lowest BCUT2D eigenvalue weighted by Gasteiger charge is -2.38. The van der Waals surface area contributed by atoms with Gasteiger partial charge in [0, 0.05) is 37.1 Å². The van der Waals surface area contributed by atoms with Crippen molar-refractivity contribution in [3.63, 3.8) is 0 Å². The van der Waals surface area contributed by atoms with Gasteiger partial charge in [-0.3, -0.25) is 9.69 Å². The number of amides is 1. The van der Waals surface area contributed by atoms with Gasteiger partial charge in [0.2, 0.25) is 5.91 Å². The van der Waals surface area contributed by atoms with Crippen molar-refractivity contribution < 1.29 is 4.79 Å². The zero-order valence-electron chi connectivity index (χ0n) is 15.0. The Morgan fingerprint density at radius 3 is 2.71 bits per heavy atom. The number of nitrogens with one attached hydrogen (secondary N) is 2. The lowest BCUT2D eigenvalue weighted by Crippen LogP contribution is -2.51. The Kier molecular flexibility index (Phi) is 5.90. The van der Waals surface area contributed by atoms with Crippen LogP contribution in [0.3, 0.4) is 0 Å². The summed E-state index contributed by atoms with van der Waals surface area (Å²) in [6.45, 7) is 7.49. The molecule has 0 spiro atoms. The first kappa shape index (κ1) is 17.4. The number of hydrogen-bond donors (Lipinski definition) is 2. The van der Waals surface area contributed by atoms with E-state index in [0.717, 1.165) is 45.3 Å². The summed E-state index contributed by atoms with van der Waals surface area (Å²) in [5, 5.41) is 6.75. The van der Waals surface area contributed by atoms with Crippen LogP contribution >= 0.6 is 0 Å². The largest absolute Gasteiger partial charge is 0.353 e. The summed E-state index contributed by atoms with van der Waals surface area (Å²) >= 11 is 0. The van der Waals surface area contributed by atoms with Gasteiger partial charge in [0.1, 0.15) is 0 Å². The second kappa shape index (κ2) is 8.13. The zero-order chi connectivity index (χ0) is 16.9. The fourth-order valence-electron chi connectivity index (χ4n) is 4.09. The molecule has 0 saturated carbocycles. The number of carbonyl (C=O) groups is 1. The summed E-state index contributed by atoms with van der Waals surface area (Å²) in [6, 6.07) is 12.0. The highest BCUT2D eigenvalue weighted by Crippen LogP contribution is 2.22. The fraction of sp³-hybridized carbons (Fsp3) is 0.650. The van der Waals surface area contributed by atoms with E-state index in [1.54, 1.807) is 0 Å². The van der Waals surface area contributed by atoms with Gasteiger partial charge in [-0.25, -0.2) is 0 Å². The van der Waals surface area contributed by atoms with Crippen molar-refractivity contribution in [2.45, 2.75) is 64.2 Å². The van der Waals surface area contributed by atoms with Gasteiger partial charge < -0.3 is 10.6 Å². The second-order valence-electron chi connectivity index (χ2n) is 7.61. The molecule has 0 radical (unpaired) electrons. The maximum atomic E-state index is 12.5. The van der Waals surface area contributed by atoms with E-state index in [4.69, 9.17) is 0 Å². The first-order chi connectivity index (χ1) is 11.6. The highest BCUT2D eigenvalue weighted by molar-refractivity contribution is 5.79. The predicted molar refractivity (Wildman–Crippen MR) is 97.7 cm³/mol. The van der Waals surface area contributed by atoms with Crippen LogP contribution in [0.25, 0.3) is 0 Å². The van der Waals surface area contributed by atoms with Crippen molar-refractivity contribution in [2.75, 3.05) is 13.1 Å². The summed E-state index contributed by atoms with van der Waals surface area (Å²) in [7, 11) is 0. The predicted octanol–water partition coefficient (Wildman–Crippen LogP) is 2.54. The van der Waals surface area contributed by atoms with Gasteiger partial charge in [-0.2, -0.15) is 0 Å². The van der Waals surface area contributed by atoms with Gasteiger partial charge in [0.05, 0.1) is 0 Å². The van der Waals surface area contributed by atoms with Crippen LogP contribution in [0.4, 0.5) is 0 Å². The number of rotatable bonds is 4. The third-order valence-electron chi connectivity index (χ3n) is 5.58. The molecule has 4 heteroatoms. The Morgan fingerprint density at radius 2 is 2.00 bits per heavy atom. The smallest absolute Gasteiger partial charge is 0.223 e. The third-order valence-corrected chi connectivity index (χ3v) is 5.58. The van der Waals surface area contributed by atoms with E-state index >= 15 is 0 Å². The molecule has 1 aromatic carbocycles. The van der Waals surface area contributed by atoms with E-state index in [1.165, 1.54) is 5.56 Å². The van der Waals surface area contributed by atoms with Crippen molar-refractivity contribution in [3.05, 3.63) is 35.9 Å². The first-order valence-electron chi connectivity index (χ1n) is 9.43. The summed E-state index contributed by atoms with van der Waals surface area (Å²) in [5.74, 6) is 0.468. The number of likely N-dealkylation sites (tertiary alicyclic amines) is 1. The average Bonchev–Trinajstić information content (AvgIpc) is 2.58. The number of hydrogen-bond acceptors (Lipinski definition) is 3. The number of carbonyl (C=O) groups excluding carboxylic acids is 1. The van der Waals surface area contributed by atoms with Crippen LogP contribution in [0.1, 0.15) is 45.1 Å². The van der Waals surface area contributed by atoms with E-state index in [-0.39, 0.29) is 11.8 Å². The molecule has 0 aliphatic carbocycles. The van der Waals surface area contributed by atoms with Crippen molar-refractivity contribution in [1.82, 2.24) is 15.5 Å². The van der Waals surface area contributed by atoms with Crippen molar-refractivity contribution in [2.24, 2.45) is 5.92 Å². The molecule has 2 fully saturated rings. The van der Waals surface area contributed by atoms with Crippen molar-refractivity contribution in [1.29, 1.82) is 0 Å². The monoisotopic (exact) mass is 329 g/mol. The maximum Gasteiger partial charge on any atom is 0.223 e. The van der Waals surface area contributed by atoms with E-state index in [0.29, 0.717) is 18.1 Å². The minimum absolute atomic E-state index is 0.193. The van der Waals surface area contributed by atoms with E-state index in [2.05, 4.69) is 59.7 Å². The number of benzene rings is 1. The molecule has 3 rings (SSSR count). The molecule has 2 saturated heterocycles. The lowest BCUT2D eigenvalue weighted by atomic mass is 9.91. The molecule has 2 N–H and O–H groups in total.